The van der Waals surface area contributed by atoms with E-state index >= 15 is 0 Å². The maximum absolute atomic E-state index is 13.4. The molecule has 1 aromatic carbocycles. The Labute approximate surface area is 201 Å². The summed E-state index contributed by atoms with van der Waals surface area (Å²) < 4.78 is 69.2. The maximum atomic E-state index is 13.4. The van der Waals surface area contributed by atoms with Crippen LogP contribution in [0.25, 0.3) is 22.3 Å². The quantitative estimate of drug-likeness (QED) is 0.438. The number of anilines is 1. The van der Waals surface area contributed by atoms with Gasteiger partial charge < -0.3 is 4.57 Å². The number of hydrogen-bond acceptors (Lipinski definition) is 4. The molecule has 1 N–H and O–H groups in total. The first-order valence-electron chi connectivity index (χ1n) is 11.7. The Hall–Kier alpha value is -3.06. The fraction of sp³-hybridized carbons (Fsp3) is 0.440. The molecule has 0 aliphatic heterocycles. The van der Waals surface area contributed by atoms with E-state index in [2.05, 4.69) is 15.8 Å². The highest BCUT2D eigenvalue weighted by molar-refractivity contribution is 7.94. The van der Waals surface area contributed by atoms with Crippen molar-refractivity contribution in [3.8, 4) is 17.3 Å². The Morgan fingerprint density at radius 3 is 2.37 bits per heavy atom. The molecule has 10 heteroatoms. The lowest BCUT2D eigenvalue weighted by atomic mass is 9.94. The van der Waals surface area contributed by atoms with Crippen LogP contribution in [-0.2, 0) is 16.2 Å². The van der Waals surface area contributed by atoms with Gasteiger partial charge in [0.15, 0.2) is 0 Å². The predicted molar refractivity (Wildman–Crippen MR) is 127 cm³/mol. The van der Waals surface area contributed by atoms with Crippen LogP contribution in [0.1, 0.15) is 69.0 Å². The number of benzene rings is 1. The molecular weight excluding hydrogens is 477 g/mol. The van der Waals surface area contributed by atoms with E-state index < -0.39 is 26.5 Å². The standard InChI is InChI=1S/C25H25F3N4O2S/c1-24(11-12-24)35(33,34)31-18-9-7-16(8-10-18)22-21(14-29)20-13-17(25(26,27)28)15-30-23(20)32(22)19-5-3-2-4-6-19/h7-10,13,15,19,31H,2-6,11-12H2,1H3. The summed E-state index contributed by atoms with van der Waals surface area (Å²) >= 11 is 0. The number of aromatic nitrogens is 2. The van der Waals surface area contributed by atoms with Crippen LogP contribution in [0, 0.1) is 11.3 Å². The van der Waals surface area contributed by atoms with Gasteiger partial charge in [0.2, 0.25) is 10.0 Å². The van der Waals surface area contributed by atoms with Crippen LogP contribution in [0.5, 0.6) is 0 Å². The minimum Gasteiger partial charge on any atom is -0.321 e. The van der Waals surface area contributed by atoms with Gasteiger partial charge in [-0.25, -0.2) is 13.4 Å². The van der Waals surface area contributed by atoms with Crippen molar-refractivity contribution in [2.24, 2.45) is 0 Å². The van der Waals surface area contributed by atoms with Crippen molar-refractivity contribution in [2.45, 2.75) is 68.8 Å². The largest absolute Gasteiger partial charge is 0.417 e. The van der Waals surface area contributed by atoms with Gasteiger partial charge in [-0.05, 0) is 56.4 Å². The second-order valence-corrected chi connectivity index (χ2v) is 11.9. The SMILES string of the molecule is CC1(S(=O)(=O)Nc2ccc(-c3c(C#N)c4cc(C(F)(F)F)cnc4n3C3CCCCC3)cc2)CC1. The van der Waals surface area contributed by atoms with Crippen LogP contribution in [0.15, 0.2) is 36.5 Å². The second kappa shape index (κ2) is 8.26. The van der Waals surface area contributed by atoms with Crippen LogP contribution in [0.2, 0.25) is 0 Å². The summed E-state index contributed by atoms with van der Waals surface area (Å²) in [6, 6.07) is 9.78. The third-order valence-electron chi connectivity index (χ3n) is 7.23. The third kappa shape index (κ3) is 4.16. The van der Waals surface area contributed by atoms with E-state index in [1.165, 1.54) is 0 Å². The number of pyridine rings is 1. The molecule has 2 aliphatic rings. The molecular formula is C25H25F3N4O2S. The predicted octanol–water partition coefficient (Wildman–Crippen LogP) is 6.39. The number of alkyl halides is 3. The number of hydrogen-bond donors (Lipinski definition) is 1. The first-order chi connectivity index (χ1) is 16.5. The van der Waals surface area contributed by atoms with Crippen LogP contribution in [0.4, 0.5) is 18.9 Å². The summed E-state index contributed by atoms with van der Waals surface area (Å²) in [5.74, 6) is 0. The molecule has 2 fully saturated rings. The highest BCUT2D eigenvalue weighted by Crippen LogP contribution is 2.44. The Kier molecular flexibility index (Phi) is 5.59. The van der Waals surface area contributed by atoms with Crippen LogP contribution >= 0.6 is 0 Å². The van der Waals surface area contributed by atoms with E-state index in [-0.39, 0.29) is 17.0 Å². The van der Waals surface area contributed by atoms with Gasteiger partial charge in [0.1, 0.15) is 11.7 Å². The van der Waals surface area contributed by atoms with Crippen molar-refractivity contribution >= 4 is 26.7 Å². The average Bonchev–Trinajstić information content (AvgIpc) is 3.50. The lowest BCUT2D eigenvalue weighted by Crippen LogP contribution is -2.26. The minimum atomic E-state index is -4.57. The van der Waals surface area contributed by atoms with Crippen LogP contribution in [0.3, 0.4) is 0 Å². The third-order valence-corrected chi connectivity index (χ3v) is 9.44. The first kappa shape index (κ1) is 23.7. The molecule has 2 aliphatic carbocycles. The van der Waals surface area contributed by atoms with Gasteiger partial charge in [-0.3, -0.25) is 4.72 Å². The lowest BCUT2D eigenvalue weighted by Gasteiger charge is -2.26. The van der Waals surface area contributed by atoms with Crippen LogP contribution < -0.4 is 4.72 Å². The van der Waals surface area contributed by atoms with Gasteiger partial charge in [-0.2, -0.15) is 18.4 Å². The molecule has 0 bridgehead atoms. The van der Waals surface area contributed by atoms with E-state index in [0.717, 1.165) is 44.4 Å². The number of fused-ring (bicyclic) bond motifs is 1. The fourth-order valence-corrected chi connectivity index (χ4v) is 6.19. The van der Waals surface area contributed by atoms with E-state index in [0.29, 0.717) is 35.4 Å². The Morgan fingerprint density at radius 1 is 1.14 bits per heavy atom. The zero-order chi connectivity index (χ0) is 25.0. The second-order valence-electron chi connectivity index (χ2n) is 9.72. The molecule has 2 saturated carbocycles. The van der Waals surface area contributed by atoms with Crippen molar-refractivity contribution in [2.75, 3.05) is 4.72 Å². The number of nitriles is 1. The van der Waals surface area contributed by atoms with Gasteiger partial charge in [0, 0.05) is 23.3 Å². The summed E-state index contributed by atoms with van der Waals surface area (Å²) in [5, 5.41) is 10.2. The number of rotatable bonds is 5. The van der Waals surface area contributed by atoms with Crippen molar-refractivity contribution in [3.63, 3.8) is 0 Å². The maximum Gasteiger partial charge on any atom is 0.417 e. The Morgan fingerprint density at radius 2 is 1.80 bits per heavy atom. The first-order valence-corrected chi connectivity index (χ1v) is 13.2. The molecule has 0 spiro atoms. The van der Waals surface area contributed by atoms with E-state index in [4.69, 9.17) is 0 Å². The molecule has 35 heavy (non-hydrogen) atoms. The smallest absolute Gasteiger partial charge is 0.321 e. The van der Waals surface area contributed by atoms with Gasteiger partial charge in [-0.15, -0.1) is 0 Å². The van der Waals surface area contributed by atoms with Crippen molar-refractivity contribution < 1.29 is 21.6 Å². The van der Waals surface area contributed by atoms with Gasteiger partial charge in [0.25, 0.3) is 0 Å². The number of halogens is 3. The number of sulfonamides is 1. The topological polar surface area (TPSA) is 87.8 Å². The summed E-state index contributed by atoms with van der Waals surface area (Å²) in [7, 11) is -3.52. The van der Waals surface area contributed by atoms with Crippen molar-refractivity contribution in [1.29, 1.82) is 5.26 Å². The molecule has 0 radical (unpaired) electrons. The van der Waals surface area contributed by atoms with Crippen LogP contribution in [-0.4, -0.2) is 22.7 Å². The zero-order valence-corrected chi connectivity index (χ0v) is 20.0. The van der Waals surface area contributed by atoms with Crippen molar-refractivity contribution in [1.82, 2.24) is 9.55 Å². The molecule has 2 heterocycles. The van der Waals surface area contributed by atoms with E-state index in [9.17, 15) is 26.9 Å². The molecule has 5 rings (SSSR count). The normalized spacial score (nSPS) is 18.4. The molecule has 3 aromatic rings. The van der Waals surface area contributed by atoms with Gasteiger partial charge in [-0.1, -0.05) is 31.4 Å². The van der Waals surface area contributed by atoms with Crippen molar-refractivity contribution in [3.05, 3.63) is 47.7 Å². The summed E-state index contributed by atoms with van der Waals surface area (Å²) in [4.78, 5) is 4.18. The number of nitrogens with one attached hydrogen (secondary N) is 1. The van der Waals surface area contributed by atoms with E-state index in [1.807, 2.05) is 4.57 Å². The molecule has 2 aromatic heterocycles. The summed E-state index contributed by atoms with van der Waals surface area (Å²) in [5.41, 5.74) is 1.15. The highest BCUT2D eigenvalue weighted by Gasteiger charge is 2.50. The Bertz CT molecular complexity index is 1430. The summed E-state index contributed by atoms with van der Waals surface area (Å²) in [6.45, 7) is 1.70. The molecule has 6 nitrogen and oxygen atoms in total. The minimum absolute atomic E-state index is 0.0144. The lowest BCUT2D eigenvalue weighted by molar-refractivity contribution is -0.137. The van der Waals surface area contributed by atoms with E-state index in [1.54, 1.807) is 31.2 Å². The molecule has 184 valence electrons. The fourth-order valence-electron chi connectivity index (χ4n) is 4.85. The molecule has 0 saturated heterocycles. The Balaban J connectivity index is 1.63. The number of nitrogens with zero attached hydrogens (tertiary/aromatic N) is 3. The van der Waals surface area contributed by atoms with Gasteiger partial charge in [0.05, 0.1) is 21.6 Å². The summed E-state index contributed by atoms with van der Waals surface area (Å²) in [6.07, 6.45) is 2.25. The molecule has 0 atom stereocenters. The molecule has 0 amide bonds. The highest BCUT2D eigenvalue weighted by atomic mass is 32.2. The van der Waals surface area contributed by atoms with Gasteiger partial charge >= 0.3 is 6.18 Å². The average molecular weight is 503 g/mol. The molecule has 0 unspecified atom stereocenters. The zero-order valence-electron chi connectivity index (χ0n) is 19.2. The monoisotopic (exact) mass is 502 g/mol.